The molecule has 2 N–H and O–H groups in total. The molecular weight excluding hydrogens is 434 g/mol. The summed E-state index contributed by atoms with van der Waals surface area (Å²) >= 11 is 1.20. The molecule has 1 saturated heterocycles. The van der Waals surface area contributed by atoms with Gasteiger partial charge in [-0.25, -0.2) is 13.4 Å². The number of H-pyrrole nitrogens is 1. The van der Waals surface area contributed by atoms with E-state index in [2.05, 4.69) is 20.5 Å². The summed E-state index contributed by atoms with van der Waals surface area (Å²) in [5.74, 6) is 0.485. The number of amides is 1. The molecule has 1 aliphatic heterocycles. The molecule has 0 atom stereocenters. The summed E-state index contributed by atoms with van der Waals surface area (Å²) in [4.78, 5) is 17.0. The van der Waals surface area contributed by atoms with E-state index in [9.17, 15) is 13.2 Å². The summed E-state index contributed by atoms with van der Waals surface area (Å²) in [6, 6.07) is 14.3. The molecule has 1 fully saturated rings. The van der Waals surface area contributed by atoms with Crippen LogP contribution < -0.4 is 5.32 Å². The monoisotopic (exact) mass is 457 g/mol. The van der Waals surface area contributed by atoms with Crippen molar-refractivity contribution in [3.8, 4) is 11.4 Å². The van der Waals surface area contributed by atoms with Crippen molar-refractivity contribution in [3.05, 3.63) is 54.1 Å². The van der Waals surface area contributed by atoms with Gasteiger partial charge in [-0.2, -0.15) is 4.31 Å². The minimum atomic E-state index is -3.53. The smallest absolute Gasteiger partial charge is 0.243 e. The topological polar surface area (TPSA) is 108 Å². The number of anilines is 1. The summed E-state index contributed by atoms with van der Waals surface area (Å²) in [5.41, 5.74) is 2.53. The Morgan fingerprint density at radius 1 is 1.16 bits per heavy atom. The molecular formula is C21H23N5O3S2. The van der Waals surface area contributed by atoms with Crippen LogP contribution in [0.15, 0.2) is 58.6 Å². The zero-order chi connectivity index (χ0) is 21.8. The molecule has 0 unspecified atom stereocenters. The van der Waals surface area contributed by atoms with Crippen LogP contribution >= 0.6 is 11.8 Å². The third-order valence-corrected chi connectivity index (χ3v) is 7.68. The van der Waals surface area contributed by atoms with E-state index >= 15 is 0 Å². The van der Waals surface area contributed by atoms with E-state index in [0.717, 1.165) is 24.0 Å². The highest BCUT2D eigenvalue weighted by Gasteiger charge is 2.27. The van der Waals surface area contributed by atoms with Crippen molar-refractivity contribution >= 4 is 33.4 Å². The highest BCUT2D eigenvalue weighted by atomic mass is 32.2. The van der Waals surface area contributed by atoms with Crippen LogP contribution in [0.2, 0.25) is 0 Å². The van der Waals surface area contributed by atoms with Gasteiger partial charge in [0, 0.05) is 24.3 Å². The predicted molar refractivity (Wildman–Crippen MR) is 120 cm³/mol. The third-order valence-electron chi connectivity index (χ3n) is 4.94. The van der Waals surface area contributed by atoms with Crippen LogP contribution in [0.5, 0.6) is 0 Å². The molecule has 1 aliphatic rings. The average Bonchev–Trinajstić information content (AvgIpc) is 3.46. The van der Waals surface area contributed by atoms with E-state index in [-0.39, 0.29) is 16.6 Å². The first-order chi connectivity index (χ1) is 14.9. The molecule has 1 aromatic heterocycles. The number of rotatable bonds is 7. The Bertz CT molecular complexity index is 1170. The number of nitrogens with zero attached hydrogens (tertiary/aromatic N) is 3. The Balaban J connectivity index is 1.36. The van der Waals surface area contributed by atoms with E-state index in [4.69, 9.17) is 0 Å². The first-order valence-corrected chi connectivity index (χ1v) is 12.4. The van der Waals surface area contributed by atoms with E-state index in [1.54, 1.807) is 18.2 Å². The quantitative estimate of drug-likeness (QED) is 0.527. The minimum Gasteiger partial charge on any atom is -0.325 e. The molecule has 2 aromatic carbocycles. The maximum atomic E-state index is 12.7. The number of aromatic nitrogens is 3. The highest BCUT2D eigenvalue weighted by Crippen LogP contribution is 2.24. The van der Waals surface area contributed by atoms with Crippen LogP contribution in [0, 0.1) is 6.92 Å². The van der Waals surface area contributed by atoms with Gasteiger partial charge in [0.2, 0.25) is 21.1 Å². The summed E-state index contributed by atoms with van der Waals surface area (Å²) in [6.45, 7) is 3.09. The zero-order valence-corrected chi connectivity index (χ0v) is 18.7. The number of benzene rings is 2. The fourth-order valence-corrected chi connectivity index (χ4v) is 5.45. The lowest BCUT2D eigenvalue weighted by Gasteiger charge is -2.16. The number of carbonyl (C=O) groups is 1. The van der Waals surface area contributed by atoms with Crippen LogP contribution in [0.3, 0.4) is 0 Å². The predicted octanol–water partition coefficient (Wildman–Crippen LogP) is 3.30. The van der Waals surface area contributed by atoms with Crippen LogP contribution in [-0.2, 0) is 14.8 Å². The summed E-state index contributed by atoms with van der Waals surface area (Å²) < 4.78 is 26.9. The van der Waals surface area contributed by atoms with Gasteiger partial charge in [-0.15, -0.1) is 5.10 Å². The number of aromatic amines is 1. The van der Waals surface area contributed by atoms with E-state index < -0.39 is 10.0 Å². The van der Waals surface area contributed by atoms with Crippen LogP contribution in [-0.4, -0.2) is 52.7 Å². The number of nitrogens with one attached hydrogen (secondary N) is 2. The van der Waals surface area contributed by atoms with Crippen molar-refractivity contribution in [1.29, 1.82) is 0 Å². The molecule has 0 aliphatic carbocycles. The third kappa shape index (κ3) is 5.15. The van der Waals surface area contributed by atoms with Gasteiger partial charge >= 0.3 is 0 Å². The summed E-state index contributed by atoms with van der Waals surface area (Å²) in [7, 11) is -3.53. The molecule has 162 valence electrons. The number of hydrogen-bond acceptors (Lipinski definition) is 6. The van der Waals surface area contributed by atoms with Gasteiger partial charge in [0.25, 0.3) is 0 Å². The Labute approximate surface area is 185 Å². The second-order valence-electron chi connectivity index (χ2n) is 7.31. The molecule has 0 spiro atoms. The second-order valence-corrected chi connectivity index (χ2v) is 10.2. The Morgan fingerprint density at radius 2 is 1.90 bits per heavy atom. The van der Waals surface area contributed by atoms with Gasteiger partial charge in [-0.05, 0) is 38.0 Å². The Kier molecular flexibility index (Phi) is 6.40. The van der Waals surface area contributed by atoms with Crippen LogP contribution in [0.25, 0.3) is 11.4 Å². The van der Waals surface area contributed by atoms with Gasteiger partial charge in [-0.1, -0.05) is 47.7 Å². The van der Waals surface area contributed by atoms with Crippen LogP contribution in [0.1, 0.15) is 18.4 Å². The average molecular weight is 458 g/mol. The van der Waals surface area contributed by atoms with Crippen LogP contribution in [0.4, 0.5) is 5.69 Å². The molecule has 2 heterocycles. The van der Waals surface area contributed by atoms with Gasteiger partial charge in [0.05, 0.1) is 10.6 Å². The van der Waals surface area contributed by atoms with Gasteiger partial charge in [0.1, 0.15) is 0 Å². The number of sulfonamides is 1. The number of thioether (sulfide) groups is 1. The maximum Gasteiger partial charge on any atom is 0.243 e. The minimum absolute atomic E-state index is 0.105. The molecule has 3 aromatic rings. The van der Waals surface area contributed by atoms with Crippen molar-refractivity contribution < 1.29 is 13.2 Å². The maximum absolute atomic E-state index is 12.7. The van der Waals surface area contributed by atoms with Gasteiger partial charge in [0.15, 0.2) is 5.82 Å². The lowest BCUT2D eigenvalue weighted by atomic mass is 10.1. The normalized spacial score (nSPS) is 14.6. The molecule has 0 saturated carbocycles. The molecule has 31 heavy (non-hydrogen) atoms. The molecule has 10 heteroatoms. The summed E-state index contributed by atoms with van der Waals surface area (Å²) in [5, 5.41) is 10.2. The van der Waals surface area contributed by atoms with Crippen molar-refractivity contribution in [2.24, 2.45) is 0 Å². The fraction of sp³-hybridized carbons (Fsp3) is 0.286. The number of carbonyl (C=O) groups excluding carboxylic acids is 1. The largest absolute Gasteiger partial charge is 0.325 e. The fourth-order valence-electron chi connectivity index (χ4n) is 3.29. The van der Waals surface area contributed by atoms with Crippen molar-refractivity contribution in [2.45, 2.75) is 29.8 Å². The summed E-state index contributed by atoms with van der Waals surface area (Å²) in [6.07, 6.45) is 1.75. The zero-order valence-electron chi connectivity index (χ0n) is 17.0. The number of aryl methyl sites for hydroxylation is 1. The molecule has 4 rings (SSSR count). The molecule has 0 bridgehead atoms. The Morgan fingerprint density at radius 3 is 2.65 bits per heavy atom. The lowest BCUT2D eigenvalue weighted by Crippen LogP contribution is -2.28. The lowest BCUT2D eigenvalue weighted by molar-refractivity contribution is -0.113. The van der Waals surface area contributed by atoms with E-state index in [1.807, 2.05) is 31.2 Å². The SMILES string of the molecule is Cc1ccc(-c2nc(SCC(=O)Nc3cccc(S(=O)(=O)N4CCCC4)c3)n[nH]2)cc1. The van der Waals surface area contributed by atoms with E-state index in [0.29, 0.717) is 29.8 Å². The first-order valence-electron chi connectivity index (χ1n) is 9.94. The molecule has 8 nitrogen and oxygen atoms in total. The van der Waals surface area contributed by atoms with Gasteiger partial charge in [-0.3, -0.25) is 9.89 Å². The molecule has 1 amide bonds. The van der Waals surface area contributed by atoms with Crippen molar-refractivity contribution in [3.63, 3.8) is 0 Å². The van der Waals surface area contributed by atoms with E-state index in [1.165, 1.54) is 22.1 Å². The second kappa shape index (κ2) is 9.21. The highest BCUT2D eigenvalue weighted by molar-refractivity contribution is 7.99. The van der Waals surface area contributed by atoms with Crippen molar-refractivity contribution in [2.75, 3.05) is 24.2 Å². The first kappa shape index (κ1) is 21.5. The molecule has 0 radical (unpaired) electrons. The number of hydrogen-bond donors (Lipinski definition) is 2. The Hall–Kier alpha value is -2.69. The van der Waals surface area contributed by atoms with Gasteiger partial charge < -0.3 is 5.32 Å². The standard InChI is InChI=1S/C21H23N5O3S2/c1-15-7-9-16(10-8-15)20-23-21(25-24-20)30-14-19(27)22-17-5-4-6-18(13-17)31(28,29)26-11-2-3-12-26/h4-10,13H,2-3,11-12,14H2,1H3,(H,22,27)(H,23,24,25). The van der Waals surface area contributed by atoms with Crippen molar-refractivity contribution in [1.82, 2.24) is 19.5 Å².